The van der Waals surface area contributed by atoms with Gasteiger partial charge in [-0.3, -0.25) is 10.0 Å². The SMILES string of the molecule is CONc1nc(NO)nc(NCCC(c2ccccc2)c2ccccc2)n1. The molecule has 0 fully saturated rings. The average Bonchev–Trinajstić information content (AvgIpc) is 2.72. The van der Waals surface area contributed by atoms with Gasteiger partial charge in [0.15, 0.2) is 0 Å². The highest BCUT2D eigenvalue weighted by molar-refractivity contribution is 5.40. The van der Waals surface area contributed by atoms with Crippen LogP contribution in [0.4, 0.5) is 17.8 Å². The van der Waals surface area contributed by atoms with Gasteiger partial charge in [0.25, 0.3) is 11.9 Å². The van der Waals surface area contributed by atoms with E-state index < -0.39 is 0 Å². The molecule has 2 aromatic carbocycles. The van der Waals surface area contributed by atoms with E-state index in [1.807, 2.05) is 41.9 Å². The lowest BCUT2D eigenvalue weighted by Crippen LogP contribution is -2.14. The minimum atomic E-state index is 0.0229. The zero-order chi connectivity index (χ0) is 18.9. The first-order valence-corrected chi connectivity index (χ1v) is 8.59. The molecule has 1 aromatic heterocycles. The molecule has 3 rings (SSSR count). The lowest BCUT2D eigenvalue weighted by Gasteiger charge is -2.18. The second-order valence-electron chi connectivity index (χ2n) is 5.81. The number of nitrogens with one attached hydrogen (secondary N) is 3. The Morgan fingerprint density at radius 3 is 1.96 bits per heavy atom. The molecule has 0 spiro atoms. The third-order valence-corrected chi connectivity index (χ3v) is 4.05. The molecule has 8 nitrogen and oxygen atoms in total. The fraction of sp³-hybridized carbons (Fsp3) is 0.211. The molecule has 0 radical (unpaired) electrons. The molecule has 8 heteroatoms. The van der Waals surface area contributed by atoms with Crippen molar-refractivity contribution in [2.75, 3.05) is 29.9 Å². The highest BCUT2D eigenvalue weighted by atomic mass is 16.6. The van der Waals surface area contributed by atoms with Crippen molar-refractivity contribution in [2.24, 2.45) is 0 Å². The van der Waals surface area contributed by atoms with Crippen molar-refractivity contribution in [3.8, 4) is 0 Å². The first-order chi connectivity index (χ1) is 13.3. The summed E-state index contributed by atoms with van der Waals surface area (Å²) in [7, 11) is 1.45. The number of aromatic nitrogens is 3. The Labute approximate surface area is 157 Å². The van der Waals surface area contributed by atoms with Crippen LogP contribution in [-0.2, 0) is 4.84 Å². The summed E-state index contributed by atoms with van der Waals surface area (Å²) in [6.45, 7) is 0.635. The zero-order valence-electron chi connectivity index (χ0n) is 15.0. The summed E-state index contributed by atoms with van der Waals surface area (Å²) in [6, 6.07) is 20.8. The maximum atomic E-state index is 9.07. The Balaban J connectivity index is 1.72. The molecule has 0 saturated carbocycles. The highest BCUT2D eigenvalue weighted by Crippen LogP contribution is 2.27. The van der Waals surface area contributed by atoms with E-state index in [-0.39, 0.29) is 17.8 Å². The zero-order valence-corrected chi connectivity index (χ0v) is 15.0. The van der Waals surface area contributed by atoms with Gasteiger partial charge in [0.2, 0.25) is 5.95 Å². The van der Waals surface area contributed by atoms with Crippen molar-refractivity contribution in [3.63, 3.8) is 0 Å². The predicted molar refractivity (Wildman–Crippen MR) is 104 cm³/mol. The third kappa shape index (κ3) is 5.13. The van der Waals surface area contributed by atoms with Crippen molar-refractivity contribution in [1.82, 2.24) is 15.0 Å². The Hall–Kier alpha value is -3.23. The van der Waals surface area contributed by atoms with E-state index in [4.69, 9.17) is 10.0 Å². The van der Waals surface area contributed by atoms with E-state index in [0.717, 1.165) is 6.42 Å². The van der Waals surface area contributed by atoms with E-state index in [1.54, 1.807) is 0 Å². The molecule has 0 atom stereocenters. The minimum absolute atomic E-state index is 0.0229. The minimum Gasteiger partial charge on any atom is -0.354 e. The molecule has 27 heavy (non-hydrogen) atoms. The van der Waals surface area contributed by atoms with Crippen LogP contribution in [0.1, 0.15) is 23.5 Å². The van der Waals surface area contributed by atoms with E-state index in [1.165, 1.54) is 18.2 Å². The van der Waals surface area contributed by atoms with Crippen molar-refractivity contribution in [3.05, 3.63) is 71.8 Å². The summed E-state index contributed by atoms with van der Waals surface area (Å²) in [4.78, 5) is 17.0. The van der Waals surface area contributed by atoms with Crippen LogP contribution < -0.4 is 16.3 Å². The van der Waals surface area contributed by atoms with Gasteiger partial charge >= 0.3 is 0 Å². The largest absolute Gasteiger partial charge is 0.354 e. The van der Waals surface area contributed by atoms with Crippen LogP contribution in [0.5, 0.6) is 0 Å². The topological polar surface area (TPSA) is 104 Å². The predicted octanol–water partition coefficient (Wildman–Crippen LogP) is 3.28. The molecule has 4 N–H and O–H groups in total. The molecule has 0 aliphatic heterocycles. The number of rotatable bonds is 9. The van der Waals surface area contributed by atoms with Gasteiger partial charge in [-0.1, -0.05) is 60.7 Å². The molecule has 0 aliphatic carbocycles. The van der Waals surface area contributed by atoms with Crippen molar-refractivity contribution in [2.45, 2.75) is 12.3 Å². The van der Waals surface area contributed by atoms with E-state index in [9.17, 15) is 0 Å². The summed E-state index contributed by atoms with van der Waals surface area (Å²) in [5, 5.41) is 12.2. The summed E-state index contributed by atoms with van der Waals surface area (Å²) < 4.78 is 0. The number of nitrogens with zero attached hydrogens (tertiary/aromatic N) is 3. The van der Waals surface area contributed by atoms with Crippen LogP contribution in [0.25, 0.3) is 0 Å². The Bertz CT molecular complexity index is 793. The molecule has 0 saturated heterocycles. The maximum Gasteiger partial charge on any atom is 0.253 e. The van der Waals surface area contributed by atoms with E-state index >= 15 is 0 Å². The maximum absolute atomic E-state index is 9.07. The number of anilines is 3. The van der Waals surface area contributed by atoms with Crippen LogP contribution >= 0.6 is 0 Å². The normalized spacial score (nSPS) is 10.6. The van der Waals surface area contributed by atoms with Gasteiger partial charge in [-0.05, 0) is 17.5 Å². The molecular weight excluding hydrogens is 344 g/mol. The van der Waals surface area contributed by atoms with Crippen LogP contribution in [0.15, 0.2) is 60.7 Å². The lowest BCUT2D eigenvalue weighted by atomic mass is 9.88. The molecular formula is C19H22N6O2. The molecule has 1 heterocycles. The van der Waals surface area contributed by atoms with Gasteiger partial charge in [-0.25, -0.2) is 11.0 Å². The summed E-state index contributed by atoms with van der Waals surface area (Å²) in [5.74, 6) is 0.790. The van der Waals surface area contributed by atoms with Gasteiger partial charge in [0.1, 0.15) is 0 Å². The fourth-order valence-corrected chi connectivity index (χ4v) is 2.87. The van der Waals surface area contributed by atoms with Crippen LogP contribution in [0.2, 0.25) is 0 Å². The van der Waals surface area contributed by atoms with Crippen LogP contribution in [-0.4, -0.2) is 33.8 Å². The Morgan fingerprint density at radius 2 is 1.41 bits per heavy atom. The van der Waals surface area contributed by atoms with Crippen molar-refractivity contribution in [1.29, 1.82) is 0 Å². The standard InChI is InChI=1S/C19H22N6O2/c1-27-25-19-22-17(21-18(23-19)24-26)20-13-12-16(14-8-4-2-5-9-14)15-10-6-3-7-11-15/h2-11,16,26H,12-13H2,1H3,(H3,20,21,22,23,24,25). The summed E-state index contributed by atoms with van der Waals surface area (Å²) >= 11 is 0. The lowest BCUT2D eigenvalue weighted by molar-refractivity contribution is 0.267. The number of benzene rings is 2. The Kier molecular flexibility index (Phi) is 6.50. The van der Waals surface area contributed by atoms with E-state index in [0.29, 0.717) is 12.5 Å². The van der Waals surface area contributed by atoms with Crippen LogP contribution in [0.3, 0.4) is 0 Å². The van der Waals surface area contributed by atoms with Crippen molar-refractivity contribution < 1.29 is 10.0 Å². The first-order valence-electron chi connectivity index (χ1n) is 8.59. The van der Waals surface area contributed by atoms with Gasteiger partial charge in [0, 0.05) is 12.5 Å². The number of hydrogen-bond acceptors (Lipinski definition) is 8. The summed E-state index contributed by atoms with van der Waals surface area (Å²) in [5.41, 5.74) is 6.94. The van der Waals surface area contributed by atoms with Gasteiger partial charge in [-0.2, -0.15) is 15.0 Å². The van der Waals surface area contributed by atoms with Gasteiger partial charge in [0.05, 0.1) is 7.11 Å². The quantitative estimate of drug-likeness (QED) is 0.428. The first kappa shape index (κ1) is 18.6. The fourth-order valence-electron chi connectivity index (χ4n) is 2.87. The average molecular weight is 366 g/mol. The van der Waals surface area contributed by atoms with Gasteiger partial charge < -0.3 is 5.32 Å². The monoisotopic (exact) mass is 366 g/mol. The molecule has 140 valence electrons. The third-order valence-electron chi connectivity index (χ3n) is 4.05. The highest BCUT2D eigenvalue weighted by Gasteiger charge is 2.14. The smallest absolute Gasteiger partial charge is 0.253 e. The second-order valence-corrected chi connectivity index (χ2v) is 5.81. The van der Waals surface area contributed by atoms with E-state index in [2.05, 4.69) is 50.0 Å². The number of hydrogen-bond donors (Lipinski definition) is 4. The van der Waals surface area contributed by atoms with Gasteiger partial charge in [-0.15, -0.1) is 0 Å². The van der Waals surface area contributed by atoms with Crippen molar-refractivity contribution >= 4 is 17.8 Å². The molecule has 0 aliphatic rings. The van der Waals surface area contributed by atoms with Crippen LogP contribution in [0, 0.1) is 0 Å². The second kappa shape index (κ2) is 9.46. The molecule has 3 aromatic rings. The molecule has 0 bridgehead atoms. The molecule has 0 unspecified atom stereocenters. The molecule has 0 amide bonds. The summed E-state index contributed by atoms with van der Waals surface area (Å²) in [6.07, 6.45) is 0.842. The Morgan fingerprint density at radius 1 is 0.852 bits per heavy atom.